The molecule has 0 aliphatic carbocycles. The van der Waals surface area contributed by atoms with E-state index in [1.54, 1.807) is 25.3 Å². The number of amides is 1. The van der Waals surface area contributed by atoms with Crippen LogP contribution in [0.1, 0.15) is 11.1 Å². The number of aryl methyl sites for hydroxylation is 1. The molecule has 1 aromatic heterocycles. The normalized spacial score (nSPS) is 10.9. The summed E-state index contributed by atoms with van der Waals surface area (Å²) in [5, 5.41) is 14.5. The molecule has 0 spiro atoms. The van der Waals surface area contributed by atoms with E-state index in [0.717, 1.165) is 22.0 Å². The van der Waals surface area contributed by atoms with Crippen molar-refractivity contribution in [3.05, 3.63) is 82.0 Å². The van der Waals surface area contributed by atoms with Crippen LogP contribution in [-0.4, -0.2) is 15.8 Å². The zero-order valence-corrected chi connectivity index (χ0v) is 13.5. The number of benzene rings is 2. The molecule has 6 heteroatoms. The summed E-state index contributed by atoms with van der Waals surface area (Å²) in [4.78, 5) is 26.9. The molecule has 2 aromatic carbocycles. The van der Waals surface area contributed by atoms with Crippen molar-refractivity contribution in [1.82, 2.24) is 4.98 Å². The smallest absolute Gasteiger partial charge is 0.271 e. The molecule has 3 aromatic rings. The summed E-state index contributed by atoms with van der Waals surface area (Å²) in [5.74, 6) is -0.364. The van der Waals surface area contributed by atoms with Crippen LogP contribution < -0.4 is 5.32 Å². The number of hydrogen-bond acceptors (Lipinski definition) is 4. The van der Waals surface area contributed by atoms with Crippen LogP contribution in [0.5, 0.6) is 0 Å². The second-order valence-corrected chi connectivity index (χ2v) is 5.50. The number of nitro groups is 1. The summed E-state index contributed by atoms with van der Waals surface area (Å²) in [6.07, 6.45) is 4.77. The molecule has 1 amide bonds. The fourth-order valence-electron chi connectivity index (χ4n) is 2.46. The molecule has 1 heterocycles. The Balaban J connectivity index is 1.82. The molecule has 1 N–H and O–H groups in total. The van der Waals surface area contributed by atoms with Crippen LogP contribution in [-0.2, 0) is 4.79 Å². The van der Waals surface area contributed by atoms with Crippen molar-refractivity contribution in [1.29, 1.82) is 0 Å². The minimum absolute atomic E-state index is 0.0665. The highest BCUT2D eigenvalue weighted by Crippen LogP contribution is 2.22. The van der Waals surface area contributed by atoms with Crippen molar-refractivity contribution in [2.75, 3.05) is 5.32 Å². The van der Waals surface area contributed by atoms with Crippen LogP contribution in [0, 0.1) is 17.0 Å². The third-order valence-corrected chi connectivity index (χ3v) is 3.77. The van der Waals surface area contributed by atoms with Gasteiger partial charge >= 0.3 is 0 Å². The van der Waals surface area contributed by atoms with Gasteiger partial charge in [-0.15, -0.1) is 0 Å². The maximum atomic E-state index is 12.2. The maximum absolute atomic E-state index is 12.2. The van der Waals surface area contributed by atoms with E-state index in [-0.39, 0.29) is 11.6 Å². The van der Waals surface area contributed by atoms with Gasteiger partial charge in [0.25, 0.3) is 5.69 Å². The van der Waals surface area contributed by atoms with E-state index in [0.29, 0.717) is 5.69 Å². The Morgan fingerprint density at radius 2 is 2.00 bits per heavy atom. The first-order chi connectivity index (χ1) is 12.0. The summed E-state index contributed by atoms with van der Waals surface area (Å²) in [6.45, 7) is 1.78. The number of rotatable bonds is 4. The number of para-hydroxylation sites is 1. The summed E-state index contributed by atoms with van der Waals surface area (Å²) in [7, 11) is 0. The Labute approximate surface area is 144 Å². The third-order valence-electron chi connectivity index (χ3n) is 3.77. The fourth-order valence-corrected chi connectivity index (χ4v) is 2.46. The highest BCUT2D eigenvalue weighted by molar-refractivity contribution is 6.03. The number of nitrogens with zero attached hydrogens (tertiary/aromatic N) is 2. The van der Waals surface area contributed by atoms with Gasteiger partial charge in [-0.05, 0) is 24.6 Å². The number of pyridine rings is 1. The van der Waals surface area contributed by atoms with Gasteiger partial charge < -0.3 is 5.32 Å². The standard InChI is InChI=1S/C19H15N3O3/c1-13-7-9-16(22(24)25)12-17(13)21-18(23)10-8-15-5-2-4-14-6-3-11-20-19(14)15/h2-12H,1H3,(H,21,23)/b10-8+. The van der Waals surface area contributed by atoms with Crippen molar-refractivity contribution in [2.24, 2.45) is 0 Å². The van der Waals surface area contributed by atoms with Gasteiger partial charge in [0.1, 0.15) is 0 Å². The number of non-ortho nitro benzene ring substituents is 1. The molecule has 0 saturated carbocycles. The number of nitro benzene ring substituents is 1. The van der Waals surface area contributed by atoms with Crippen LogP contribution in [0.3, 0.4) is 0 Å². The first kappa shape index (κ1) is 16.3. The zero-order chi connectivity index (χ0) is 17.8. The fraction of sp³-hybridized carbons (Fsp3) is 0.0526. The number of carbonyl (C=O) groups is 1. The summed E-state index contributed by atoms with van der Waals surface area (Å²) in [6, 6.07) is 13.9. The lowest BCUT2D eigenvalue weighted by Gasteiger charge is -2.06. The van der Waals surface area contributed by atoms with Crippen LogP contribution >= 0.6 is 0 Å². The lowest BCUT2D eigenvalue weighted by atomic mass is 10.1. The second-order valence-electron chi connectivity index (χ2n) is 5.50. The molecular formula is C19H15N3O3. The van der Waals surface area contributed by atoms with Gasteiger partial charge in [0, 0.05) is 35.4 Å². The maximum Gasteiger partial charge on any atom is 0.271 e. The van der Waals surface area contributed by atoms with E-state index in [1.807, 2.05) is 30.3 Å². The lowest BCUT2D eigenvalue weighted by molar-refractivity contribution is -0.384. The first-order valence-electron chi connectivity index (χ1n) is 7.62. The molecule has 0 atom stereocenters. The van der Waals surface area contributed by atoms with Crippen molar-refractivity contribution in [3.63, 3.8) is 0 Å². The number of nitrogens with one attached hydrogen (secondary N) is 1. The SMILES string of the molecule is Cc1ccc([N+](=O)[O-])cc1NC(=O)/C=C/c1cccc2cccnc12. The Morgan fingerprint density at radius 3 is 2.80 bits per heavy atom. The van der Waals surface area contributed by atoms with Crippen molar-refractivity contribution in [3.8, 4) is 0 Å². The number of carbonyl (C=O) groups excluding carboxylic acids is 1. The predicted molar refractivity (Wildman–Crippen MR) is 97.2 cm³/mol. The molecule has 0 radical (unpaired) electrons. The van der Waals surface area contributed by atoms with Gasteiger partial charge in [-0.1, -0.05) is 30.3 Å². The van der Waals surface area contributed by atoms with E-state index < -0.39 is 4.92 Å². The van der Waals surface area contributed by atoms with Crippen LogP contribution in [0.25, 0.3) is 17.0 Å². The molecule has 0 fully saturated rings. The highest BCUT2D eigenvalue weighted by atomic mass is 16.6. The van der Waals surface area contributed by atoms with E-state index in [1.165, 1.54) is 18.2 Å². The highest BCUT2D eigenvalue weighted by Gasteiger charge is 2.10. The molecule has 0 saturated heterocycles. The topological polar surface area (TPSA) is 85.1 Å². The average Bonchev–Trinajstić information content (AvgIpc) is 2.61. The minimum Gasteiger partial charge on any atom is -0.322 e. The lowest BCUT2D eigenvalue weighted by Crippen LogP contribution is -2.09. The van der Waals surface area contributed by atoms with Crippen LogP contribution in [0.15, 0.2) is 60.8 Å². The van der Waals surface area contributed by atoms with Gasteiger partial charge in [0.15, 0.2) is 0 Å². The van der Waals surface area contributed by atoms with Crippen molar-refractivity contribution >= 4 is 34.3 Å². The molecule has 0 unspecified atom stereocenters. The number of hydrogen-bond donors (Lipinski definition) is 1. The molecule has 6 nitrogen and oxygen atoms in total. The Morgan fingerprint density at radius 1 is 1.20 bits per heavy atom. The minimum atomic E-state index is -0.493. The first-order valence-corrected chi connectivity index (χ1v) is 7.62. The second kappa shape index (κ2) is 6.92. The van der Waals surface area contributed by atoms with E-state index in [9.17, 15) is 14.9 Å². The Bertz CT molecular complexity index is 991. The van der Waals surface area contributed by atoms with Gasteiger partial charge in [-0.3, -0.25) is 19.9 Å². The monoisotopic (exact) mass is 333 g/mol. The molecule has 0 aliphatic rings. The van der Waals surface area contributed by atoms with Crippen LogP contribution in [0.2, 0.25) is 0 Å². The number of aromatic nitrogens is 1. The molecular weight excluding hydrogens is 318 g/mol. The summed E-state index contributed by atoms with van der Waals surface area (Å²) in [5.41, 5.74) is 2.73. The number of fused-ring (bicyclic) bond motifs is 1. The molecule has 0 bridgehead atoms. The zero-order valence-electron chi connectivity index (χ0n) is 13.5. The van der Waals surface area contributed by atoms with E-state index in [4.69, 9.17) is 0 Å². The molecule has 25 heavy (non-hydrogen) atoms. The van der Waals surface area contributed by atoms with Crippen LogP contribution in [0.4, 0.5) is 11.4 Å². The molecule has 3 rings (SSSR count). The van der Waals surface area contributed by atoms with E-state index >= 15 is 0 Å². The Hall–Kier alpha value is -3.54. The van der Waals surface area contributed by atoms with Gasteiger partial charge in [0.05, 0.1) is 16.1 Å². The molecule has 124 valence electrons. The summed E-state index contributed by atoms with van der Waals surface area (Å²) < 4.78 is 0. The third kappa shape index (κ3) is 3.69. The average molecular weight is 333 g/mol. The summed E-state index contributed by atoms with van der Waals surface area (Å²) >= 11 is 0. The Kier molecular flexibility index (Phi) is 4.52. The predicted octanol–water partition coefficient (Wildman–Crippen LogP) is 4.10. The van der Waals surface area contributed by atoms with Crippen molar-refractivity contribution < 1.29 is 9.72 Å². The number of anilines is 1. The van der Waals surface area contributed by atoms with E-state index in [2.05, 4.69) is 10.3 Å². The quantitative estimate of drug-likeness (QED) is 0.442. The van der Waals surface area contributed by atoms with Gasteiger partial charge in [-0.2, -0.15) is 0 Å². The largest absolute Gasteiger partial charge is 0.322 e. The van der Waals surface area contributed by atoms with Crippen molar-refractivity contribution in [2.45, 2.75) is 6.92 Å². The molecule has 0 aliphatic heterocycles. The van der Waals surface area contributed by atoms with Gasteiger partial charge in [-0.25, -0.2) is 0 Å². The van der Waals surface area contributed by atoms with Gasteiger partial charge in [0.2, 0.25) is 5.91 Å².